The molecule has 0 unspecified atom stereocenters. The summed E-state index contributed by atoms with van der Waals surface area (Å²) in [6, 6.07) is 9.17. The SMILES string of the molecule is CCCNC(=O)c1ccc(NCc2cccnc2)c(N)c1. The average molecular weight is 284 g/mol. The Morgan fingerprint density at radius 3 is 2.86 bits per heavy atom. The van der Waals surface area contributed by atoms with Crippen molar-refractivity contribution in [2.24, 2.45) is 0 Å². The lowest BCUT2D eigenvalue weighted by atomic mass is 10.1. The smallest absolute Gasteiger partial charge is 0.251 e. The van der Waals surface area contributed by atoms with Crippen LogP contribution in [0.25, 0.3) is 0 Å². The van der Waals surface area contributed by atoms with Gasteiger partial charge in [0.1, 0.15) is 0 Å². The fourth-order valence-electron chi connectivity index (χ4n) is 1.91. The maximum atomic E-state index is 11.9. The van der Waals surface area contributed by atoms with Gasteiger partial charge in [-0.05, 0) is 36.2 Å². The van der Waals surface area contributed by atoms with Crippen LogP contribution in [0.15, 0.2) is 42.7 Å². The van der Waals surface area contributed by atoms with Crippen molar-refractivity contribution in [1.29, 1.82) is 0 Å². The quantitative estimate of drug-likeness (QED) is 0.712. The van der Waals surface area contributed by atoms with E-state index >= 15 is 0 Å². The number of benzene rings is 1. The standard InChI is InChI=1S/C16H20N4O/c1-2-7-19-16(21)13-5-6-15(14(17)9-13)20-11-12-4-3-8-18-10-12/h3-6,8-10,20H,2,7,11,17H2,1H3,(H,19,21). The van der Waals surface area contributed by atoms with E-state index in [2.05, 4.69) is 15.6 Å². The Morgan fingerprint density at radius 2 is 2.19 bits per heavy atom. The summed E-state index contributed by atoms with van der Waals surface area (Å²) in [4.78, 5) is 15.9. The molecule has 4 N–H and O–H groups in total. The lowest BCUT2D eigenvalue weighted by Crippen LogP contribution is -2.24. The van der Waals surface area contributed by atoms with Crippen molar-refractivity contribution in [3.8, 4) is 0 Å². The van der Waals surface area contributed by atoms with Crippen LogP contribution in [0.2, 0.25) is 0 Å². The van der Waals surface area contributed by atoms with Crippen molar-refractivity contribution in [2.75, 3.05) is 17.6 Å². The topological polar surface area (TPSA) is 80.0 Å². The number of amides is 1. The van der Waals surface area contributed by atoms with Crippen LogP contribution in [-0.4, -0.2) is 17.4 Å². The molecule has 0 fully saturated rings. The third-order valence-electron chi connectivity index (χ3n) is 3.06. The van der Waals surface area contributed by atoms with E-state index in [0.29, 0.717) is 24.3 Å². The number of hydrogen-bond donors (Lipinski definition) is 3. The molecule has 0 spiro atoms. The lowest BCUT2D eigenvalue weighted by molar-refractivity contribution is 0.0953. The fraction of sp³-hybridized carbons (Fsp3) is 0.250. The van der Waals surface area contributed by atoms with Crippen LogP contribution in [0.3, 0.4) is 0 Å². The summed E-state index contributed by atoms with van der Waals surface area (Å²) >= 11 is 0. The zero-order chi connectivity index (χ0) is 15.1. The molecule has 0 atom stereocenters. The van der Waals surface area contributed by atoms with Crippen molar-refractivity contribution < 1.29 is 4.79 Å². The molecular weight excluding hydrogens is 264 g/mol. The fourth-order valence-corrected chi connectivity index (χ4v) is 1.91. The van der Waals surface area contributed by atoms with Gasteiger partial charge in [0.05, 0.1) is 11.4 Å². The van der Waals surface area contributed by atoms with Crippen molar-refractivity contribution >= 4 is 17.3 Å². The highest BCUT2D eigenvalue weighted by molar-refractivity contribution is 5.96. The molecule has 1 aromatic heterocycles. The molecule has 5 heteroatoms. The summed E-state index contributed by atoms with van der Waals surface area (Å²) < 4.78 is 0. The maximum Gasteiger partial charge on any atom is 0.251 e. The first-order chi connectivity index (χ1) is 10.2. The van der Waals surface area contributed by atoms with Crippen molar-refractivity contribution in [1.82, 2.24) is 10.3 Å². The number of hydrogen-bond acceptors (Lipinski definition) is 4. The first-order valence-corrected chi connectivity index (χ1v) is 7.01. The van der Waals surface area contributed by atoms with Crippen LogP contribution in [0.5, 0.6) is 0 Å². The van der Waals surface area contributed by atoms with Crippen LogP contribution in [0.4, 0.5) is 11.4 Å². The third kappa shape index (κ3) is 4.21. The minimum absolute atomic E-state index is 0.0950. The molecule has 1 aromatic carbocycles. The van der Waals surface area contributed by atoms with Gasteiger partial charge in [-0.2, -0.15) is 0 Å². The van der Waals surface area contributed by atoms with Crippen LogP contribution in [0.1, 0.15) is 29.3 Å². The number of nitrogens with zero attached hydrogens (tertiary/aromatic N) is 1. The third-order valence-corrected chi connectivity index (χ3v) is 3.06. The summed E-state index contributed by atoms with van der Waals surface area (Å²) in [5, 5.41) is 6.07. The van der Waals surface area contributed by atoms with Gasteiger partial charge in [-0.15, -0.1) is 0 Å². The molecule has 0 radical (unpaired) electrons. The first kappa shape index (κ1) is 14.8. The Balaban J connectivity index is 2.00. The van der Waals surface area contributed by atoms with E-state index in [0.717, 1.165) is 17.7 Å². The molecule has 2 aromatic rings. The van der Waals surface area contributed by atoms with Crippen molar-refractivity contribution in [2.45, 2.75) is 19.9 Å². The molecular formula is C16H20N4O. The van der Waals surface area contributed by atoms with E-state index in [1.165, 1.54) is 0 Å². The number of pyridine rings is 1. The van der Waals surface area contributed by atoms with Crippen LogP contribution >= 0.6 is 0 Å². The Morgan fingerprint density at radius 1 is 1.33 bits per heavy atom. The van der Waals surface area contributed by atoms with Gasteiger partial charge in [-0.25, -0.2) is 0 Å². The zero-order valence-corrected chi connectivity index (χ0v) is 12.1. The lowest BCUT2D eigenvalue weighted by Gasteiger charge is -2.11. The number of nitrogens with two attached hydrogens (primary N) is 1. The molecule has 21 heavy (non-hydrogen) atoms. The second kappa shape index (κ2) is 7.28. The Labute approximate surface area is 124 Å². The Hall–Kier alpha value is -2.56. The van der Waals surface area contributed by atoms with Crippen molar-refractivity contribution in [3.63, 3.8) is 0 Å². The minimum atomic E-state index is -0.0950. The molecule has 2 rings (SSSR count). The highest BCUT2D eigenvalue weighted by Crippen LogP contribution is 2.20. The first-order valence-electron chi connectivity index (χ1n) is 7.01. The number of nitrogen functional groups attached to an aromatic ring is 1. The highest BCUT2D eigenvalue weighted by Gasteiger charge is 2.07. The van der Waals surface area contributed by atoms with Gasteiger partial charge >= 0.3 is 0 Å². The average Bonchev–Trinajstić information content (AvgIpc) is 2.52. The molecule has 0 aliphatic carbocycles. The molecule has 0 saturated heterocycles. The largest absolute Gasteiger partial charge is 0.397 e. The number of nitrogens with one attached hydrogen (secondary N) is 2. The predicted octanol–water partition coefficient (Wildman–Crippen LogP) is 2.42. The maximum absolute atomic E-state index is 11.9. The van der Waals surface area contributed by atoms with Gasteiger partial charge in [-0.1, -0.05) is 13.0 Å². The van der Waals surface area contributed by atoms with Crippen LogP contribution in [-0.2, 0) is 6.54 Å². The number of rotatable bonds is 6. The van der Waals surface area contributed by atoms with E-state index in [1.54, 1.807) is 24.5 Å². The molecule has 1 amide bonds. The van der Waals surface area contributed by atoms with Gasteiger partial charge < -0.3 is 16.4 Å². The number of aromatic nitrogens is 1. The minimum Gasteiger partial charge on any atom is -0.397 e. The number of anilines is 2. The van der Waals surface area contributed by atoms with Crippen LogP contribution in [0, 0.1) is 0 Å². The highest BCUT2D eigenvalue weighted by atomic mass is 16.1. The monoisotopic (exact) mass is 284 g/mol. The van der Waals surface area contributed by atoms with Crippen molar-refractivity contribution in [3.05, 3.63) is 53.9 Å². The van der Waals surface area contributed by atoms with E-state index in [4.69, 9.17) is 5.73 Å². The molecule has 1 heterocycles. The molecule has 0 saturated carbocycles. The summed E-state index contributed by atoms with van der Waals surface area (Å²) in [7, 11) is 0. The second-order valence-corrected chi connectivity index (χ2v) is 4.77. The van der Waals surface area contributed by atoms with E-state index < -0.39 is 0 Å². The summed E-state index contributed by atoms with van der Waals surface area (Å²) in [5.41, 5.74) is 9.01. The second-order valence-electron chi connectivity index (χ2n) is 4.77. The number of carbonyl (C=O) groups is 1. The van der Waals surface area contributed by atoms with Crippen LogP contribution < -0.4 is 16.4 Å². The molecule has 5 nitrogen and oxygen atoms in total. The normalized spacial score (nSPS) is 10.1. The van der Waals surface area contributed by atoms with Gasteiger partial charge in [0, 0.05) is 31.0 Å². The molecule has 0 aliphatic rings. The Kier molecular flexibility index (Phi) is 5.15. The van der Waals surface area contributed by atoms with Gasteiger partial charge in [0.25, 0.3) is 5.91 Å². The van der Waals surface area contributed by atoms with E-state index in [9.17, 15) is 4.79 Å². The molecule has 0 aliphatic heterocycles. The summed E-state index contributed by atoms with van der Waals surface area (Å²) in [6.07, 6.45) is 4.45. The summed E-state index contributed by atoms with van der Waals surface area (Å²) in [6.45, 7) is 3.32. The van der Waals surface area contributed by atoms with Gasteiger partial charge in [-0.3, -0.25) is 9.78 Å². The van der Waals surface area contributed by atoms with E-state index in [1.807, 2.05) is 25.1 Å². The zero-order valence-electron chi connectivity index (χ0n) is 12.1. The predicted molar refractivity (Wildman–Crippen MR) is 85.0 cm³/mol. The number of carbonyl (C=O) groups excluding carboxylic acids is 1. The van der Waals surface area contributed by atoms with Gasteiger partial charge in [0.2, 0.25) is 0 Å². The molecule has 110 valence electrons. The molecule has 0 bridgehead atoms. The van der Waals surface area contributed by atoms with E-state index in [-0.39, 0.29) is 5.91 Å². The summed E-state index contributed by atoms with van der Waals surface area (Å²) in [5.74, 6) is -0.0950. The van der Waals surface area contributed by atoms with Gasteiger partial charge in [0.15, 0.2) is 0 Å². The Bertz CT molecular complexity index is 598.